The lowest BCUT2D eigenvalue weighted by molar-refractivity contribution is -0.127. The minimum Gasteiger partial charge on any atom is -0.465 e. The van der Waals surface area contributed by atoms with Crippen molar-refractivity contribution in [2.45, 2.75) is 19.1 Å². The lowest BCUT2D eigenvalue weighted by Gasteiger charge is -2.07. The molecule has 0 aromatic carbocycles. The van der Waals surface area contributed by atoms with Gasteiger partial charge in [0.25, 0.3) is 0 Å². The highest BCUT2D eigenvalue weighted by Gasteiger charge is 2.28. The number of rotatable bonds is 3. The first kappa shape index (κ1) is 12.3. The van der Waals surface area contributed by atoms with Crippen LogP contribution in [0.2, 0.25) is 0 Å². The van der Waals surface area contributed by atoms with Crippen molar-refractivity contribution in [2.75, 3.05) is 0 Å². The number of alkyl halides is 3. The number of hydrogen-bond acceptors (Lipinski definition) is 2. The molecular formula is C9H9F3N2O2. The van der Waals surface area contributed by atoms with E-state index < -0.39 is 18.7 Å². The lowest BCUT2D eigenvalue weighted by atomic mass is 10.2. The standard InChI is InChI=1S/C9H9F3N2O2/c10-9(11,12)4-7-3-6(1-2-13-7)5-14-8(15)16/h1-3,14H,4-5H2,(H,15,16). The molecule has 16 heavy (non-hydrogen) atoms. The molecule has 0 saturated carbocycles. The molecule has 0 aliphatic carbocycles. The molecule has 0 aliphatic rings. The summed E-state index contributed by atoms with van der Waals surface area (Å²) < 4.78 is 36.1. The van der Waals surface area contributed by atoms with Crippen molar-refractivity contribution in [1.29, 1.82) is 0 Å². The van der Waals surface area contributed by atoms with Crippen LogP contribution in [0.4, 0.5) is 18.0 Å². The molecule has 1 aromatic rings. The van der Waals surface area contributed by atoms with E-state index in [1.165, 1.54) is 18.3 Å². The Morgan fingerprint density at radius 3 is 2.75 bits per heavy atom. The second-order valence-corrected chi connectivity index (χ2v) is 3.11. The van der Waals surface area contributed by atoms with Crippen LogP contribution in [0.1, 0.15) is 11.3 Å². The Hall–Kier alpha value is -1.79. The zero-order chi connectivity index (χ0) is 12.2. The van der Waals surface area contributed by atoms with Crippen molar-refractivity contribution < 1.29 is 23.1 Å². The van der Waals surface area contributed by atoms with E-state index in [1.54, 1.807) is 0 Å². The number of carboxylic acid groups (broad SMARTS) is 1. The number of hydrogen-bond donors (Lipinski definition) is 2. The molecule has 1 amide bonds. The summed E-state index contributed by atoms with van der Waals surface area (Å²) in [5.74, 6) is 0. The number of nitrogens with zero attached hydrogens (tertiary/aromatic N) is 1. The molecule has 0 saturated heterocycles. The highest BCUT2D eigenvalue weighted by atomic mass is 19.4. The Kier molecular flexibility index (Phi) is 3.70. The zero-order valence-electron chi connectivity index (χ0n) is 8.08. The van der Waals surface area contributed by atoms with Crippen LogP contribution in [0, 0.1) is 0 Å². The van der Waals surface area contributed by atoms with Crippen molar-refractivity contribution in [3.8, 4) is 0 Å². The highest BCUT2D eigenvalue weighted by molar-refractivity contribution is 5.64. The molecule has 88 valence electrons. The van der Waals surface area contributed by atoms with E-state index in [9.17, 15) is 18.0 Å². The Bertz CT molecular complexity index is 379. The monoisotopic (exact) mass is 234 g/mol. The number of halogens is 3. The minimum absolute atomic E-state index is 0.0390. The fourth-order valence-corrected chi connectivity index (χ4v) is 1.12. The topological polar surface area (TPSA) is 62.2 Å². The first-order chi connectivity index (χ1) is 7.37. The summed E-state index contributed by atoms with van der Waals surface area (Å²) >= 11 is 0. The van der Waals surface area contributed by atoms with Crippen molar-refractivity contribution in [3.63, 3.8) is 0 Å². The molecule has 1 rings (SSSR count). The SMILES string of the molecule is O=C(O)NCc1ccnc(CC(F)(F)F)c1. The van der Waals surface area contributed by atoms with E-state index in [-0.39, 0.29) is 12.2 Å². The number of pyridine rings is 1. The fraction of sp³-hybridized carbons (Fsp3) is 0.333. The molecule has 4 nitrogen and oxygen atoms in total. The Labute approximate surface area is 89.1 Å². The third-order valence-corrected chi connectivity index (χ3v) is 1.71. The summed E-state index contributed by atoms with van der Waals surface area (Å²) in [4.78, 5) is 13.7. The van der Waals surface area contributed by atoms with Crippen LogP contribution < -0.4 is 5.32 Å². The van der Waals surface area contributed by atoms with Crippen molar-refractivity contribution >= 4 is 6.09 Å². The van der Waals surface area contributed by atoms with Gasteiger partial charge in [0.05, 0.1) is 6.42 Å². The van der Waals surface area contributed by atoms with E-state index in [4.69, 9.17) is 5.11 Å². The van der Waals surface area contributed by atoms with Gasteiger partial charge in [0.2, 0.25) is 0 Å². The van der Waals surface area contributed by atoms with Gasteiger partial charge in [0.1, 0.15) is 0 Å². The maximum Gasteiger partial charge on any atom is 0.404 e. The second-order valence-electron chi connectivity index (χ2n) is 3.11. The third kappa shape index (κ3) is 4.63. The predicted molar refractivity (Wildman–Crippen MR) is 48.9 cm³/mol. The molecule has 0 unspecified atom stereocenters. The largest absolute Gasteiger partial charge is 0.465 e. The summed E-state index contributed by atoms with van der Waals surface area (Å²) in [6.07, 6.45) is -5.44. The summed E-state index contributed by atoms with van der Waals surface area (Å²) in [6, 6.07) is 2.68. The molecule has 0 radical (unpaired) electrons. The second kappa shape index (κ2) is 4.82. The third-order valence-electron chi connectivity index (χ3n) is 1.71. The van der Waals surface area contributed by atoms with Crippen LogP contribution in [-0.4, -0.2) is 22.4 Å². The first-order valence-electron chi connectivity index (χ1n) is 4.34. The summed E-state index contributed by atoms with van der Waals surface area (Å²) in [5, 5.41) is 10.4. The highest BCUT2D eigenvalue weighted by Crippen LogP contribution is 2.20. The van der Waals surface area contributed by atoms with Gasteiger partial charge in [-0.25, -0.2) is 4.79 Å². The van der Waals surface area contributed by atoms with Gasteiger partial charge >= 0.3 is 12.3 Å². The summed E-state index contributed by atoms with van der Waals surface area (Å²) in [5.41, 5.74) is 0.314. The quantitative estimate of drug-likeness (QED) is 0.840. The van der Waals surface area contributed by atoms with E-state index in [1.807, 2.05) is 0 Å². The predicted octanol–water partition coefficient (Wildman–Crippen LogP) is 1.95. The smallest absolute Gasteiger partial charge is 0.404 e. The van der Waals surface area contributed by atoms with Crippen molar-refractivity contribution in [3.05, 3.63) is 29.6 Å². The number of carbonyl (C=O) groups is 1. The first-order valence-corrected chi connectivity index (χ1v) is 4.34. The molecule has 1 aromatic heterocycles. The Balaban J connectivity index is 2.67. The summed E-state index contributed by atoms with van der Waals surface area (Å²) in [7, 11) is 0. The van der Waals surface area contributed by atoms with Crippen LogP contribution in [-0.2, 0) is 13.0 Å². The summed E-state index contributed by atoms with van der Waals surface area (Å²) in [6.45, 7) is -0.0390. The van der Waals surface area contributed by atoms with Crippen LogP contribution >= 0.6 is 0 Å². The molecule has 0 spiro atoms. The van der Waals surface area contributed by atoms with Gasteiger partial charge in [-0.05, 0) is 17.7 Å². The van der Waals surface area contributed by atoms with E-state index in [2.05, 4.69) is 10.3 Å². The molecule has 0 atom stereocenters. The van der Waals surface area contributed by atoms with Gasteiger partial charge in [0.15, 0.2) is 0 Å². The van der Waals surface area contributed by atoms with Gasteiger partial charge in [-0.15, -0.1) is 0 Å². The molecule has 2 N–H and O–H groups in total. The van der Waals surface area contributed by atoms with Gasteiger partial charge in [-0.2, -0.15) is 13.2 Å². The molecule has 0 aliphatic heterocycles. The molecule has 1 heterocycles. The van der Waals surface area contributed by atoms with Gasteiger partial charge < -0.3 is 10.4 Å². The average molecular weight is 234 g/mol. The number of nitrogens with one attached hydrogen (secondary N) is 1. The molecular weight excluding hydrogens is 225 g/mol. The van der Waals surface area contributed by atoms with E-state index in [0.29, 0.717) is 5.56 Å². The van der Waals surface area contributed by atoms with E-state index >= 15 is 0 Å². The number of aromatic nitrogens is 1. The zero-order valence-corrected chi connectivity index (χ0v) is 8.08. The van der Waals surface area contributed by atoms with E-state index in [0.717, 1.165) is 0 Å². The minimum atomic E-state index is -4.31. The van der Waals surface area contributed by atoms with Gasteiger partial charge in [0, 0.05) is 18.4 Å². The number of amides is 1. The van der Waals surface area contributed by atoms with Crippen LogP contribution in [0.5, 0.6) is 0 Å². The Morgan fingerprint density at radius 2 is 2.19 bits per heavy atom. The van der Waals surface area contributed by atoms with Crippen LogP contribution in [0.25, 0.3) is 0 Å². The lowest BCUT2D eigenvalue weighted by Crippen LogP contribution is -2.20. The average Bonchev–Trinajstić information content (AvgIpc) is 2.12. The maximum atomic E-state index is 12.0. The maximum absolute atomic E-state index is 12.0. The fourth-order valence-electron chi connectivity index (χ4n) is 1.12. The van der Waals surface area contributed by atoms with Crippen LogP contribution in [0.15, 0.2) is 18.3 Å². The Morgan fingerprint density at radius 1 is 1.50 bits per heavy atom. The molecule has 0 bridgehead atoms. The molecule has 7 heteroatoms. The normalized spacial score (nSPS) is 11.2. The van der Waals surface area contributed by atoms with Crippen molar-refractivity contribution in [1.82, 2.24) is 10.3 Å². The van der Waals surface area contributed by atoms with Crippen LogP contribution in [0.3, 0.4) is 0 Å². The van der Waals surface area contributed by atoms with Gasteiger partial charge in [-0.3, -0.25) is 4.98 Å². The van der Waals surface area contributed by atoms with Gasteiger partial charge in [-0.1, -0.05) is 0 Å². The molecule has 0 fully saturated rings. The van der Waals surface area contributed by atoms with Crippen molar-refractivity contribution in [2.24, 2.45) is 0 Å².